The summed E-state index contributed by atoms with van der Waals surface area (Å²) in [5.41, 5.74) is 1.13. The minimum atomic E-state index is -0.521. The summed E-state index contributed by atoms with van der Waals surface area (Å²) in [6.07, 6.45) is 0.470. The van der Waals surface area contributed by atoms with Crippen molar-refractivity contribution >= 4 is 5.97 Å². The quantitative estimate of drug-likeness (QED) is 0.662. The zero-order valence-electron chi connectivity index (χ0n) is 7.70. The minimum Gasteiger partial charge on any atom is -0.508 e. The molecule has 4 heteroatoms. The molecule has 0 saturated heterocycles. The van der Waals surface area contributed by atoms with Crippen molar-refractivity contribution in [3.05, 3.63) is 22.8 Å². The Morgan fingerprint density at radius 3 is 2.86 bits per heavy atom. The van der Waals surface area contributed by atoms with E-state index in [4.69, 9.17) is 4.74 Å². The van der Waals surface area contributed by atoms with Gasteiger partial charge >= 0.3 is 5.97 Å². The van der Waals surface area contributed by atoms with E-state index in [1.165, 1.54) is 6.07 Å². The second kappa shape index (κ2) is 2.90. The highest BCUT2D eigenvalue weighted by molar-refractivity contribution is 5.97. The van der Waals surface area contributed by atoms with Crippen molar-refractivity contribution in [2.45, 2.75) is 20.0 Å². The molecule has 1 aliphatic heterocycles. The van der Waals surface area contributed by atoms with Gasteiger partial charge < -0.3 is 14.9 Å². The van der Waals surface area contributed by atoms with E-state index in [9.17, 15) is 15.0 Å². The van der Waals surface area contributed by atoms with Gasteiger partial charge in [-0.15, -0.1) is 0 Å². The summed E-state index contributed by atoms with van der Waals surface area (Å²) in [5, 5.41) is 19.2. The van der Waals surface area contributed by atoms with E-state index in [2.05, 4.69) is 0 Å². The van der Waals surface area contributed by atoms with Crippen molar-refractivity contribution in [2.24, 2.45) is 0 Å². The topological polar surface area (TPSA) is 66.8 Å². The number of phenols is 2. The van der Waals surface area contributed by atoms with Crippen molar-refractivity contribution in [1.29, 1.82) is 0 Å². The Bertz CT molecular complexity index is 409. The number of fused-ring (bicyclic) bond motifs is 1. The minimum absolute atomic E-state index is 0.0158. The first-order valence-electron chi connectivity index (χ1n) is 4.39. The largest absolute Gasteiger partial charge is 0.508 e. The highest BCUT2D eigenvalue weighted by atomic mass is 16.5. The van der Waals surface area contributed by atoms with Crippen LogP contribution in [-0.2, 0) is 17.8 Å². The number of hydrogen-bond acceptors (Lipinski definition) is 4. The molecule has 4 nitrogen and oxygen atoms in total. The number of ether oxygens (including phenoxy) is 1. The number of cyclic esters (lactones) is 1. The normalized spacial score (nSPS) is 13.9. The smallest absolute Gasteiger partial charge is 0.342 e. The molecule has 2 N–H and O–H groups in total. The van der Waals surface area contributed by atoms with Crippen molar-refractivity contribution < 1.29 is 19.7 Å². The molecule has 0 bridgehead atoms. The Labute approximate surface area is 80.7 Å². The number of carbonyl (C=O) groups is 1. The lowest BCUT2D eigenvalue weighted by Crippen LogP contribution is -1.97. The number of aromatic hydroxyl groups is 2. The van der Waals surface area contributed by atoms with Gasteiger partial charge in [-0.2, -0.15) is 0 Å². The summed E-state index contributed by atoms with van der Waals surface area (Å²) >= 11 is 0. The molecule has 0 spiro atoms. The Morgan fingerprint density at radius 1 is 1.50 bits per heavy atom. The molecule has 0 aliphatic carbocycles. The fraction of sp³-hybridized carbons (Fsp3) is 0.300. The molecule has 0 fully saturated rings. The third-order valence-electron chi connectivity index (χ3n) is 2.38. The summed E-state index contributed by atoms with van der Waals surface area (Å²) in [4.78, 5) is 11.2. The van der Waals surface area contributed by atoms with Crippen molar-refractivity contribution in [1.82, 2.24) is 0 Å². The van der Waals surface area contributed by atoms with E-state index in [1.54, 1.807) is 6.92 Å². The Hall–Kier alpha value is -1.71. The summed E-state index contributed by atoms with van der Waals surface area (Å²) < 4.78 is 4.75. The monoisotopic (exact) mass is 194 g/mol. The Morgan fingerprint density at radius 2 is 2.21 bits per heavy atom. The Balaban J connectivity index is 2.70. The van der Waals surface area contributed by atoms with Gasteiger partial charge in [0.05, 0.1) is 0 Å². The number of phenolic OH excluding ortho intramolecular Hbond substituents is 2. The maximum Gasteiger partial charge on any atom is 0.342 e. The molecule has 1 aliphatic rings. The van der Waals surface area contributed by atoms with Crippen LogP contribution in [0.25, 0.3) is 0 Å². The maximum atomic E-state index is 11.2. The van der Waals surface area contributed by atoms with Gasteiger partial charge in [-0.05, 0) is 12.5 Å². The molecule has 1 aromatic carbocycles. The summed E-state index contributed by atoms with van der Waals surface area (Å²) in [7, 11) is 0. The van der Waals surface area contributed by atoms with Crippen molar-refractivity contribution in [3.63, 3.8) is 0 Å². The lowest BCUT2D eigenvalue weighted by Gasteiger charge is -2.07. The molecule has 0 atom stereocenters. The van der Waals surface area contributed by atoms with Gasteiger partial charge in [0.2, 0.25) is 0 Å². The molecular formula is C10H10O4. The van der Waals surface area contributed by atoms with E-state index in [0.717, 1.165) is 0 Å². The molecule has 0 aromatic heterocycles. The molecule has 14 heavy (non-hydrogen) atoms. The van der Waals surface area contributed by atoms with E-state index in [-0.39, 0.29) is 23.7 Å². The molecule has 0 saturated carbocycles. The lowest BCUT2D eigenvalue weighted by molar-refractivity contribution is 0.0533. The second-order valence-corrected chi connectivity index (χ2v) is 3.19. The standard InChI is InChI=1S/C10H10O4/c1-2-6-7(11)3-5-4-14-10(13)8(5)9(6)12/h3,11-12H,2,4H2,1H3. The van der Waals surface area contributed by atoms with Crippen molar-refractivity contribution in [3.8, 4) is 11.5 Å². The van der Waals surface area contributed by atoms with E-state index >= 15 is 0 Å². The second-order valence-electron chi connectivity index (χ2n) is 3.19. The lowest BCUT2D eigenvalue weighted by atomic mass is 10.0. The van der Waals surface area contributed by atoms with Crippen LogP contribution >= 0.6 is 0 Å². The number of rotatable bonds is 1. The molecule has 0 amide bonds. The van der Waals surface area contributed by atoms with Gasteiger partial charge in [-0.1, -0.05) is 6.92 Å². The van der Waals surface area contributed by atoms with Crippen LogP contribution < -0.4 is 0 Å². The van der Waals surface area contributed by atoms with Crippen LogP contribution in [0.2, 0.25) is 0 Å². The van der Waals surface area contributed by atoms with E-state index in [0.29, 0.717) is 17.5 Å². The van der Waals surface area contributed by atoms with Gasteiger partial charge in [0.25, 0.3) is 0 Å². The van der Waals surface area contributed by atoms with Crippen LogP contribution in [-0.4, -0.2) is 16.2 Å². The molecule has 1 heterocycles. The van der Waals surface area contributed by atoms with Gasteiger partial charge in [-0.25, -0.2) is 4.79 Å². The molecule has 0 radical (unpaired) electrons. The third-order valence-corrected chi connectivity index (χ3v) is 2.38. The van der Waals surface area contributed by atoms with E-state index < -0.39 is 5.97 Å². The first-order chi connectivity index (χ1) is 6.65. The van der Waals surface area contributed by atoms with Gasteiger partial charge in [-0.3, -0.25) is 0 Å². The number of hydrogen-bond donors (Lipinski definition) is 2. The number of benzene rings is 1. The Kier molecular flexibility index (Phi) is 1.84. The average Bonchev–Trinajstić information content (AvgIpc) is 2.48. The zero-order valence-corrected chi connectivity index (χ0v) is 7.70. The van der Waals surface area contributed by atoms with E-state index in [1.807, 2.05) is 0 Å². The number of carbonyl (C=O) groups excluding carboxylic acids is 1. The summed E-state index contributed by atoms with van der Waals surface area (Å²) in [6, 6.07) is 1.47. The summed E-state index contributed by atoms with van der Waals surface area (Å²) in [6.45, 7) is 1.92. The van der Waals surface area contributed by atoms with Crippen LogP contribution in [0, 0.1) is 0 Å². The summed E-state index contributed by atoms with van der Waals surface area (Å²) in [5.74, 6) is -0.653. The molecule has 2 rings (SSSR count). The van der Waals surface area contributed by atoms with Crippen LogP contribution in [0.4, 0.5) is 0 Å². The van der Waals surface area contributed by atoms with Crippen LogP contribution in [0.15, 0.2) is 6.07 Å². The SMILES string of the molecule is CCc1c(O)cc2c(c1O)C(=O)OC2. The predicted molar refractivity (Wildman–Crippen MR) is 48.3 cm³/mol. The highest BCUT2D eigenvalue weighted by Crippen LogP contribution is 2.37. The van der Waals surface area contributed by atoms with Crippen LogP contribution in [0.1, 0.15) is 28.4 Å². The van der Waals surface area contributed by atoms with Crippen LogP contribution in [0.5, 0.6) is 11.5 Å². The van der Waals surface area contributed by atoms with Gasteiger partial charge in [0, 0.05) is 11.1 Å². The molecule has 0 unspecified atom stereocenters. The zero-order chi connectivity index (χ0) is 10.3. The molecular weight excluding hydrogens is 184 g/mol. The highest BCUT2D eigenvalue weighted by Gasteiger charge is 2.28. The first kappa shape index (κ1) is 8.87. The fourth-order valence-electron chi connectivity index (χ4n) is 1.65. The first-order valence-corrected chi connectivity index (χ1v) is 4.39. The van der Waals surface area contributed by atoms with Crippen molar-refractivity contribution in [2.75, 3.05) is 0 Å². The molecule has 74 valence electrons. The average molecular weight is 194 g/mol. The number of esters is 1. The fourth-order valence-corrected chi connectivity index (χ4v) is 1.65. The third kappa shape index (κ3) is 1.04. The predicted octanol–water partition coefficient (Wildman–Crippen LogP) is 1.33. The van der Waals surface area contributed by atoms with Crippen LogP contribution in [0.3, 0.4) is 0 Å². The molecule has 1 aromatic rings. The van der Waals surface area contributed by atoms with Gasteiger partial charge in [0.15, 0.2) is 0 Å². The maximum absolute atomic E-state index is 11.2. The van der Waals surface area contributed by atoms with Gasteiger partial charge in [0.1, 0.15) is 23.7 Å².